The van der Waals surface area contributed by atoms with Gasteiger partial charge in [-0.3, -0.25) is 4.79 Å². The second-order valence-corrected chi connectivity index (χ2v) is 4.84. The number of amides is 1. The minimum atomic E-state index is -0.452. The van der Waals surface area contributed by atoms with E-state index in [9.17, 15) is 9.18 Å². The third kappa shape index (κ3) is 2.54. The zero-order valence-electron chi connectivity index (χ0n) is 11.6. The molecular formula is C16H15FN2O2. The molecule has 0 spiro atoms. The smallest absolute Gasteiger partial charge is 0.259 e. The second kappa shape index (κ2) is 5.44. The molecule has 1 aliphatic rings. The van der Waals surface area contributed by atoms with Crippen LogP contribution in [0.4, 0.5) is 15.8 Å². The van der Waals surface area contributed by atoms with Gasteiger partial charge in [-0.15, -0.1) is 0 Å². The Morgan fingerprint density at radius 1 is 1.29 bits per heavy atom. The monoisotopic (exact) mass is 286 g/mol. The molecule has 0 atom stereocenters. The number of rotatable bonds is 2. The van der Waals surface area contributed by atoms with Crippen molar-refractivity contribution in [1.29, 1.82) is 0 Å². The Morgan fingerprint density at radius 3 is 2.90 bits per heavy atom. The Hall–Kier alpha value is -2.56. The van der Waals surface area contributed by atoms with Crippen LogP contribution in [-0.2, 0) is 0 Å². The predicted octanol–water partition coefficient (Wildman–Crippen LogP) is 3.19. The van der Waals surface area contributed by atoms with Crippen molar-refractivity contribution >= 4 is 17.3 Å². The number of ether oxygens (including phenoxy) is 1. The number of aryl methyl sites for hydroxylation is 1. The molecule has 1 amide bonds. The summed E-state index contributed by atoms with van der Waals surface area (Å²) in [6.07, 6.45) is 0. The Bertz CT molecular complexity index is 680. The van der Waals surface area contributed by atoms with Crippen molar-refractivity contribution in [3.8, 4) is 5.75 Å². The van der Waals surface area contributed by atoms with Crippen molar-refractivity contribution in [3.05, 3.63) is 53.3 Å². The van der Waals surface area contributed by atoms with Gasteiger partial charge in [-0.25, -0.2) is 4.39 Å². The average molecular weight is 286 g/mol. The lowest BCUT2D eigenvalue weighted by molar-refractivity contribution is 0.102. The van der Waals surface area contributed by atoms with E-state index in [0.717, 1.165) is 5.69 Å². The van der Waals surface area contributed by atoms with Crippen molar-refractivity contribution in [2.75, 3.05) is 23.8 Å². The molecule has 0 saturated heterocycles. The first kappa shape index (κ1) is 13.4. The van der Waals surface area contributed by atoms with Gasteiger partial charge < -0.3 is 15.4 Å². The standard InChI is InChI=1S/C16H15FN2O2/c1-10-4-2-6-12(17)14(10)19-16(20)11-5-3-7-13-15(11)21-9-8-18-13/h2-7,18H,8-9H2,1H3,(H,19,20). The van der Waals surface area contributed by atoms with E-state index in [2.05, 4.69) is 10.6 Å². The summed E-state index contributed by atoms with van der Waals surface area (Å²) >= 11 is 0. The maximum absolute atomic E-state index is 13.8. The third-order valence-electron chi connectivity index (χ3n) is 3.38. The number of carbonyl (C=O) groups excluding carboxylic acids is 1. The van der Waals surface area contributed by atoms with Crippen LogP contribution in [-0.4, -0.2) is 19.1 Å². The highest BCUT2D eigenvalue weighted by atomic mass is 19.1. The van der Waals surface area contributed by atoms with E-state index in [1.807, 2.05) is 6.07 Å². The van der Waals surface area contributed by atoms with Gasteiger partial charge in [-0.05, 0) is 30.7 Å². The molecule has 5 heteroatoms. The molecule has 0 fully saturated rings. The lowest BCUT2D eigenvalue weighted by Gasteiger charge is -2.21. The SMILES string of the molecule is Cc1cccc(F)c1NC(=O)c1cccc2c1OCCN2. The minimum absolute atomic E-state index is 0.198. The van der Waals surface area contributed by atoms with Gasteiger partial charge in [0, 0.05) is 6.54 Å². The van der Waals surface area contributed by atoms with Gasteiger partial charge >= 0.3 is 0 Å². The summed E-state index contributed by atoms with van der Waals surface area (Å²) in [6.45, 7) is 2.94. The normalized spacial score (nSPS) is 12.9. The molecule has 0 radical (unpaired) electrons. The summed E-state index contributed by atoms with van der Waals surface area (Å²) in [5.74, 6) is -0.328. The topological polar surface area (TPSA) is 50.4 Å². The van der Waals surface area contributed by atoms with Crippen LogP contribution < -0.4 is 15.4 Å². The molecule has 2 aromatic rings. The summed E-state index contributed by atoms with van der Waals surface area (Å²) < 4.78 is 19.4. The fourth-order valence-electron chi connectivity index (χ4n) is 2.32. The van der Waals surface area contributed by atoms with Crippen molar-refractivity contribution < 1.29 is 13.9 Å². The van der Waals surface area contributed by atoms with Crippen LogP contribution in [0.2, 0.25) is 0 Å². The molecule has 0 bridgehead atoms. The van der Waals surface area contributed by atoms with E-state index < -0.39 is 5.82 Å². The average Bonchev–Trinajstić information content (AvgIpc) is 2.50. The zero-order valence-corrected chi connectivity index (χ0v) is 11.6. The summed E-state index contributed by atoms with van der Waals surface area (Å²) in [7, 11) is 0. The van der Waals surface area contributed by atoms with E-state index in [1.165, 1.54) is 6.07 Å². The van der Waals surface area contributed by atoms with Gasteiger partial charge in [0.05, 0.1) is 16.9 Å². The number of carbonyl (C=O) groups is 1. The van der Waals surface area contributed by atoms with E-state index in [4.69, 9.17) is 4.74 Å². The van der Waals surface area contributed by atoms with Crippen molar-refractivity contribution in [3.63, 3.8) is 0 Å². The number of hydrogen-bond acceptors (Lipinski definition) is 3. The molecule has 108 valence electrons. The van der Waals surface area contributed by atoms with Crippen LogP contribution >= 0.6 is 0 Å². The number of fused-ring (bicyclic) bond motifs is 1. The van der Waals surface area contributed by atoms with Crippen LogP contribution in [0.25, 0.3) is 0 Å². The lowest BCUT2D eigenvalue weighted by atomic mass is 10.1. The maximum Gasteiger partial charge on any atom is 0.259 e. The van der Waals surface area contributed by atoms with E-state index in [1.54, 1.807) is 31.2 Å². The Morgan fingerprint density at radius 2 is 2.10 bits per heavy atom. The van der Waals surface area contributed by atoms with Crippen molar-refractivity contribution in [2.45, 2.75) is 6.92 Å². The summed E-state index contributed by atoms with van der Waals surface area (Å²) in [5.41, 5.74) is 2.04. The van der Waals surface area contributed by atoms with Gasteiger partial charge in [0.2, 0.25) is 0 Å². The van der Waals surface area contributed by atoms with Gasteiger partial charge in [0.25, 0.3) is 5.91 Å². The van der Waals surface area contributed by atoms with E-state index in [0.29, 0.717) is 30.0 Å². The zero-order chi connectivity index (χ0) is 14.8. The highest BCUT2D eigenvalue weighted by molar-refractivity contribution is 6.07. The molecule has 2 N–H and O–H groups in total. The Labute approximate surface area is 121 Å². The molecule has 3 rings (SSSR count). The first-order valence-electron chi connectivity index (χ1n) is 6.73. The van der Waals surface area contributed by atoms with Gasteiger partial charge in [0.15, 0.2) is 5.75 Å². The van der Waals surface area contributed by atoms with Crippen molar-refractivity contribution in [2.24, 2.45) is 0 Å². The molecule has 2 aromatic carbocycles. The first-order valence-corrected chi connectivity index (χ1v) is 6.73. The molecule has 0 aliphatic carbocycles. The van der Waals surface area contributed by atoms with Crippen LogP contribution in [0.1, 0.15) is 15.9 Å². The quantitative estimate of drug-likeness (QED) is 0.891. The van der Waals surface area contributed by atoms with Crippen LogP contribution in [0, 0.1) is 12.7 Å². The van der Waals surface area contributed by atoms with E-state index in [-0.39, 0.29) is 11.6 Å². The number of para-hydroxylation sites is 2. The van der Waals surface area contributed by atoms with Gasteiger partial charge in [-0.1, -0.05) is 18.2 Å². The Balaban J connectivity index is 1.93. The summed E-state index contributed by atoms with van der Waals surface area (Å²) in [6, 6.07) is 9.96. The number of anilines is 2. The maximum atomic E-state index is 13.8. The van der Waals surface area contributed by atoms with Gasteiger partial charge in [0.1, 0.15) is 12.4 Å². The van der Waals surface area contributed by atoms with E-state index >= 15 is 0 Å². The number of halogens is 1. The number of benzene rings is 2. The van der Waals surface area contributed by atoms with Crippen LogP contribution in [0.5, 0.6) is 5.75 Å². The molecule has 0 unspecified atom stereocenters. The molecule has 1 aliphatic heterocycles. The fourth-order valence-corrected chi connectivity index (χ4v) is 2.32. The van der Waals surface area contributed by atoms with Crippen LogP contribution in [0.15, 0.2) is 36.4 Å². The second-order valence-electron chi connectivity index (χ2n) is 4.84. The molecular weight excluding hydrogens is 271 g/mol. The lowest BCUT2D eigenvalue weighted by Crippen LogP contribution is -2.22. The fraction of sp³-hybridized carbons (Fsp3) is 0.188. The molecule has 0 aromatic heterocycles. The molecule has 0 saturated carbocycles. The number of hydrogen-bond donors (Lipinski definition) is 2. The van der Waals surface area contributed by atoms with Gasteiger partial charge in [-0.2, -0.15) is 0 Å². The summed E-state index contributed by atoms with van der Waals surface area (Å²) in [4.78, 5) is 12.4. The predicted molar refractivity (Wildman–Crippen MR) is 79.5 cm³/mol. The first-order chi connectivity index (χ1) is 10.2. The highest BCUT2D eigenvalue weighted by Gasteiger charge is 2.20. The van der Waals surface area contributed by atoms with Crippen LogP contribution in [0.3, 0.4) is 0 Å². The highest BCUT2D eigenvalue weighted by Crippen LogP contribution is 2.32. The minimum Gasteiger partial charge on any atom is -0.489 e. The molecule has 21 heavy (non-hydrogen) atoms. The molecule has 4 nitrogen and oxygen atoms in total. The molecule has 1 heterocycles. The number of nitrogens with one attached hydrogen (secondary N) is 2. The third-order valence-corrected chi connectivity index (χ3v) is 3.38. The van der Waals surface area contributed by atoms with Crippen molar-refractivity contribution in [1.82, 2.24) is 0 Å². The Kier molecular flexibility index (Phi) is 3.48. The largest absolute Gasteiger partial charge is 0.489 e. The summed E-state index contributed by atoms with van der Waals surface area (Å²) in [5, 5.41) is 5.79.